The Labute approximate surface area is 156 Å². The molecule has 0 atom stereocenters. The first-order chi connectivity index (χ1) is 12.5. The molecular weight excluding hydrogens is 373 g/mol. The van der Waals surface area contributed by atoms with Crippen LogP contribution in [0.15, 0.2) is 74.0 Å². The van der Waals surface area contributed by atoms with E-state index < -0.39 is 9.84 Å². The molecule has 0 N–H and O–H groups in total. The van der Waals surface area contributed by atoms with Crippen LogP contribution in [-0.2, 0) is 9.84 Å². The summed E-state index contributed by atoms with van der Waals surface area (Å²) in [6, 6.07) is 13.7. The minimum atomic E-state index is -3.80. The second-order valence-corrected chi connectivity index (χ2v) is 8.57. The van der Waals surface area contributed by atoms with Gasteiger partial charge in [-0.2, -0.15) is 4.98 Å². The number of halogens is 1. The molecule has 0 aliphatic rings. The average molecular weight is 391 g/mol. The van der Waals surface area contributed by atoms with E-state index in [0.717, 1.165) is 18.6 Å². The van der Waals surface area contributed by atoms with Crippen molar-refractivity contribution < 1.29 is 17.2 Å². The molecule has 3 aromatic rings. The van der Waals surface area contributed by atoms with E-state index in [1.165, 1.54) is 48.2 Å². The molecule has 4 nitrogen and oxygen atoms in total. The zero-order valence-corrected chi connectivity index (χ0v) is 15.8. The van der Waals surface area contributed by atoms with Gasteiger partial charge in [-0.3, -0.25) is 0 Å². The van der Waals surface area contributed by atoms with Crippen LogP contribution in [0.2, 0.25) is 0 Å². The molecule has 0 saturated carbocycles. The van der Waals surface area contributed by atoms with Crippen molar-refractivity contribution in [1.82, 2.24) is 4.98 Å². The maximum absolute atomic E-state index is 13.2. The van der Waals surface area contributed by atoms with Crippen molar-refractivity contribution >= 4 is 21.6 Å². The molecule has 1 aromatic heterocycles. The number of unbranched alkanes of at least 4 members (excludes halogenated alkanes) is 1. The third-order valence-corrected chi connectivity index (χ3v) is 6.54. The Morgan fingerprint density at radius 1 is 1.08 bits per heavy atom. The summed E-state index contributed by atoms with van der Waals surface area (Å²) in [5.41, 5.74) is 0.526. The molecule has 0 radical (unpaired) electrons. The van der Waals surface area contributed by atoms with Gasteiger partial charge in [0, 0.05) is 11.3 Å². The van der Waals surface area contributed by atoms with E-state index in [1.807, 2.05) is 0 Å². The van der Waals surface area contributed by atoms with Gasteiger partial charge in [-0.25, -0.2) is 12.8 Å². The molecule has 0 spiro atoms. The fourth-order valence-corrected chi connectivity index (χ4v) is 4.92. The van der Waals surface area contributed by atoms with Crippen LogP contribution in [0.4, 0.5) is 4.39 Å². The number of hydrogen-bond acceptors (Lipinski definition) is 5. The van der Waals surface area contributed by atoms with Crippen molar-refractivity contribution in [3.05, 3.63) is 60.4 Å². The van der Waals surface area contributed by atoms with Crippen LogP contribution >= 0.6 is 11.8 Å². The lowest BCUT2D eigenvalue weighted by Crippen LogP contribution is -2.03. The van der Waals surface area contributed by atoms with Crippen molar-refractivity contribution in [2.45, 2.75) is 34.8 Å². The number of aromatic nitrogens is 1. The fraction of sp³-hybridized carbons (Fsp3) is 0.211. The van der Waals surface area contributed by atoms with Gasteiger partial charge in [-0.15, -0.1) is 0 Å². The highest BCUT2D eigenvalue weighted by Gasteiger charge is 2.28. The Morgan fingerprint density at radius 3 is 2.42 bits per heavy atom. The van der Waals surface area contributed by atoms with Crippen LogP contribution < -0.4 is 0 Å². The minimum Gasteiger partial charge on any atom is -0.428 e. The standard InChI is InChI=1S/C19H18FNO3S2/c1-2-3-13-25-19-18(26(22,23)16-7-5-4-6-8-16)21-17(24-19)14-9-11-15(20)12-10-14/h4-12H,2-3,13H2,1H3. The first kappa shape index (κ1) is 18.7. The summed E-state index contributed by atoms with van der Waals surface area (Å²) in [4.78, 5) is 4.40. The molecule has 0 aliphatic heterocycles. The molecule has 0 fully saturated rings. The van der Waals surface area contributed by atoms with Crippen molar-refractivity contribution in [3.8, 4) is 11.5 Å². The van der Waals surface area contributed by atoms with Crippen molar-refractivity contribution in [2.75, 3.05) is 5.75 Å². The highest BCUT2D eigenvalue weighted by atomic mass is 32.2. The number of hydrogen-bond donors (Lipinski definition) is 0. The normalized spacial score (nSPS) is 11.6. The highest BCUT2D eigenvalue weighted by molar-refractivity contribution is 8.00. The van der Waals surface area contributed by atoms with E-state index in [1.54, 1.807) is 18.2 Å². The van der Waals surface area contributed by atoms with Gasteiger partial charge in [0.2, 0.25) is 25.8 Å². The predicted octanol–water partition coefficient (Wildman–Crippen LogP) is 5.21. The van der Waals surface area contributed by atoms with Crippen molar-refractivity contribution in [1.29, 1.82) is 0 Å². The first-order valence-electron chi connectivity index (χ1n) is 8.22. The Kier molecular flexibility index (Phi) is 5.78. The SMILES string of the molecule is CCCCSc1oc(-c2ccc(F)cc2)nc1S(=O)(=O)c1ccccc1. The first-order valence-corrected chi connectivity index (χ1v) is 10.7. The Bertz CT molecular complexity index is 968. The van der Waals surface area contributed by atoms with Gasteiger partial charge < -0.3 is 4.42 Å². The maximum atomic E-state index is 13.2. The molecule has 0 amide bonds. The van der Waals surface area contributed by atoms with Gasteiger partial charge in [0.05, 0.1) is 4.90 Å². The molecule has 2 aromatic carbocycles. The van der Waals surface area contributed by atoms with E-state index in [2.05, 4.69) is 11.9 Å². The molecule has 26 heavy (non-hydrogen) atoms. The second kappa shape index (κ2) is 8.05. The van der Waals surface area contributed by atoms with Crippen LogP contribution in [0.25, 0.3) is 11.5 Å². The molecular formula is C19H18FNO3S2. The summed E-state index contributed by atoms with van der Waals surface area (Å²) in [5.74, 6) is 0.514. The Balaban J connectivity index is 2.06. The smallest absolute Gasteiger partial charge is 0.228 e. The molecule has 0 unspecified atom stereocenters. The molecule has 136 valence electrons. The molecule has 0 bridgehead atoms. The third-order valence-electron chi connectivity index (χ3n) is 3.70. The number of benzene rings is 2. The topological polar surface area (TPSA) is 60.2 Å². The van der Waals surface area contributed by atoms with E-state index in [-0.39, 0.29) is 26.7 Å². The summed E-state index contributed by atoms with van der Waals surface area (Å²) in [6.07, 6.45) is 1.93. The van der Waals surface area contributed by atoms with Crippen LogP contribution in [0, 0.1) is 5.82 Å². The summed E-state index contributed by atoms with van der Waals surface area (Å²) in [7, 11) is -3.80. The minimum absolute atomic E-state index is 0.0934. The van der Waals surface area contributed by atoms with Crippen LogP contribution in [0.1, 0.15) is 19.8 Å². The van der Waals surface area contributed by atoms with Gasteiger partial charge in [-0.1, -0.05) is 43.3 Å². The monoisotopic (exact) mass is 391 g/mol. The summed E-state index contributed by atoms with van der Waals surface area (Å²) >= 11 is 1.33. The van der Waals surface area contributed by atoms with Gasteiger partial charge in [-0.05, 0) is 42.8 Å². The Morgan fingerprint density at radius 2 is 1.77 bits per heavy atom. The third kappa shape index (κ3) is 3.99. The average Bonchev–Trinajstić information content (AvgIpc) is 3.08. The van der Waals surface area contributed by atoms with Gasteiger partial charge in [0.15, 0.2) is 0 Å². The molecule has 0 aliphatic carbocycles. The maximum Gasteiger partial charge on any atom is 0.228 e. The summed E-state index contributed by atoms with van der Waals surface area (Å²) in [5, 5.41) is 0.172. The van der Waals surface area contributed by atoms with Crippen molar-refractivity contribution in [3.63, 3.8) is 0 Å². The Hall–Kier alpha value is -2.12. The lowest BCUT2D eigenvalue weighted by atomic mass is 10.2. The van der Waals surface area contributed by atoms with E-state index >= 15 is 0 Å². The predicted molar refractivity (Wildman–Crippen MR) is 99.4 cm³/mol. The van der Waals surface area contributed by atoms with Gasteiger partial charge in [0.25, 0.3) is 0 Å². The van der Waals surface area contributed by atoms with Crippen molar-refractivity contribution in [2.24, 2.45) is 0 Å². The zero-order chi connectivity index (χ0) is 18.6. The summed E-state index contributed by atoms with van der Waals surface area (Å²) < 4.78 is 44.9. The molecule has 3 rings (SSSR count). The number of oxazole rings is 1. The van der Waals surface area contributed by atoms with Crippen LogP contribution in [-0.4, -0.2) is 19.2 Å². The van der Waals surface area contributed by atoms with E-state index in [9.17, 15) is 12.8 Å². The molecule has 7 heteroatoms. The van der Waals surface area contributed by atoms with Crippen LogP contribution in [0.3, 0.4) is 0 Å². The van der Waals surface area contributed by atoms with Gasteiger partial charge >= 0.3 is 0 Å². The second-order valence-electron chi connectivity index (χ2n) is 5.64. The number of thioether (sulfide) groups is 1. The highest BCUT2D eigenvalue weighted by Crippen LogP contribution is 2.35. The zero-order valence-electron chi connectivity index (χ0n) is 14.2. The lowest BCUT2D eigenvalue weighted by molar-refractivity contribution is 0.470. The van der Waals surface area contributed by atoms with E-state index in [0.29, 0.717) is 5.56 Å². The van der Waals surface area contributed by atoms with Crippen LogP contribution in [0.5, 0.6) is 0 Å². The summed E-state index contributed by atoms with van der Waals surface area (Å²) in [6.45, 7) is 2.06. The van der Waals surface area contributed by atoms with E-state index in [4.69, 9.17) is 4.42 Å². The number of nitrogens with zero attached hydrogens (tertiary/aromatic N) is 1. The molecule has 1 heterocycles. The lowest BCUT2D eigenvalue weighted by Gasteiger charge is -2.02. The number of sulfone groups is 1. The number of rotatable bonds is 7. The largest absolute Gasteiger partial charge is 0.428 e. The fourth-order valence-electron chi connectivity index (χ4n) is 2.29. The molecule has 0 saturated heterocycles. The van der Waals surface area contributed by atoms with Gasteiger partial charge in [0.1, 0.15) is 5.82 Å². The quantitative estimate of drug-likeness (QED) is 0.409.